The molecule has 0 spiro atoms. The number of carbonyl (C=O) groups is 2. The summed E-state index contributed by atoms with van der Waals surface area (Å²) in [6.07, 6.45) is 1.89. The van der Waals surface area contributed by atoms with Gasteiger partial charge in [0.05, 0.1) is 34.7 Å². The van der Waals surface area contributed by atoms with Gasteiger partial charge in [0, 0.05) is 17.5 Å². The van der Waals surface area contributed by atoms with E-state index in [9.17, 15) is 9.59 Å². The van der Waals surface area contributed by atoms with Crippen LogP contribution in [0.2, 0.25) is 0 Å². The summed E-state index contributed by atoms with van der Waals surface area (Å²) in [4.78, 5) is 28.7. The zero-order valence-electron chi connectivity index (χ0n) is 16.3. The summed E-state index contributed by atoms with van der Waals surface area (Å²) in [5.74, 6) is 5.92. The largest absolute Gasteiger partial charge is 0.349 e. The van der Waals surface area contributed by atoms with Gasteiger partial charge in [-0.05, 0) is 43.2 Å². The molecule has 1 amide bonds. The number of benzene rings is 2. The summed E-state index contributed by atoms with van der Waals surface area (Å²) in [7, 11) is 0. The maximum atomic E-state index is 12.2. The zero-order valence-corrected chi connectivity index (χ0v) is 17.1. The van der Waals surface area contributed by atoms with Crippen molar-refractivity contribution >= 4 is 33.2 Å². The molecule has 148 valence electrons. The van der Waals surface area contributed by atoms with Gasteiger partial charge in [0.15, 0.2) is 5.78 Å². The van der Waals surface area contributed by atoms with Crippen molar-refractivity contribution in [3.8, 4) is 17.9 Å². The Morgan fingerprint density at radius 2 is 1.87 bits per heavy atom. The standard InChI is InChI=1S/C24H19N3O2S/c25-16-24(10-11-24)14-19(28)15-26-22(29)13-23-27-20-12-18(8-9-21(20)30-23)7-6-17-4-2-1-3-5-17/h1-5,8-9,12H,10-11,13-15H2,(H,26,29). The van der Waals surface area contributed by atoms with E-state index in [1.54, 1.807) is 0 Å². The molecule has 1 fully saturated rings. The normalized spacial score (nSPS) is 13.7. The molecule has 1 heterocycles. The Bertz CT molecular complexity index is 1210. The number of hydrogen-bond donors (Lipinski definition) is 1. The molecule has 6 heteroatoms. The van der Waals surface area contributed by atoms with Crippen molar-refractivity contribution in [2.75, 3.05) is 6.54 Å². The third-order valence-electron chi connectivity index (χ3n) is 4.98. The smallest absolute Gasteiger partial charge is 0.227 e. The highest BCUT2D eigenvalue weighted by atomic mass is 32.1. The summed E-state index contributed by atoms with van der Waals surface area (Å²) >= 11 is 1.46. The molecule has 0 aliphatic heterocycles. The Kier molecular flexibility index (Phi) is 5.61. The fraction of sp³-hybridized carbons (Fsp3) is 0.250. The lowest BCUT2D eigenvalue weighted by molar-refractivity contribution is -0.125. The number of nitriles is 1. The molecule has 1 saturated carbocycles. The van der Waals surface area contributed by atoms with Gasteiger partial charge >= 0.3 is 0 Å². The lowest BCUT2D eigenvalue weighted by Crippen LogP contribution is -2.31. The van der Waals surface area contributed by atoms with Crippen LogP contribution in [0.25, 0.3) is 10.2 Å². The first kappa shape index (κ1) is 19.8. The molecule has 2 aromatic carbocycles. The molecule has 5 nitrogen and oxygen atoms in total. The monoisotopic (exact) mass is 413 g/mol. The van der Waals surface area contributed by atoms with Crippen LogP contribution in [0.4, 0.5) is 0 Å². The van der Waals surface area contributed by atoms with Gasteiger partial charge in [-0.2, -0.15) is 5.26 Å². The van der Waals surface area contributed by atoms with Crippen LogP contribution in [0, 0.1) is 28.6 Å². The number of nitrogens with one attached hydrogen (secondary N) is 1. The van der Waals surface area contributed by atoms with Gasteiger partial charge in [-0.1, -0.05) is 30.0 Å². The lowest BCUT2D eigenvalue weighted by Gasteiger charge is -2.06. The number of carbonyl (C=O) groups excluding carboxylic acids is 2. The van der Waals surface area contributed by atoms with Crippen molar-refractivity contribution in [3.05, 3.63) is 64.7 Å². The van der Waals surface area contributed by atoms with E-state index in [-0.39, 0.29) is 31.1 Å². The Labute approximate surface area is 178 Å². The van der Waals surface area contributed by atoms with Crippen LogP contribution in [0.5, 0.6) is 0 Å². The molecule has 0 unspecified atom stereocenters. The number of thiazole rings is 1. The molecule has 0 bridgehead atoms. The number of fused-ring (bicyclic) bond motifs is 1. The van der Waals surface area contributed by atoms with E-state index < -0.39 is 5.41 Å². The van der Waals surface area contributed by atoms with Crippen LogP contribution in [0.3, 0.4) is 0 Å². The minimum atomic E-state index is -0.476. The van der Waals surface area contributed by atoms with Crippen LogP contribution in [0.1, 0.15) is 35.4 Å². The molecule has 1 N–H and O–H groups in total. The number of amides is 1. The average molecular weight is 414 g/mol. The quantitative estimate of drug-likeness (QED) is 0.626. The van der Waals surface area contributed by atoms with Crippen molar-refractivity contribution in [2.45, 2.75) is 25.7 Å². The van der Waals surface area contributed by atoms with Gasteiger partial charge in [0.2, 0.25) is 5.91 Å². The minimum absolute atomic E-state index is 0.0353. The van der Waals surface area contributed by atoms with Gasteiger partial charge in [0.25, 0.3) is 0 Å². The van der Waals surface area contributed by atoms with E-state index in [0.717, 1.165) is 34.2 Å². The SMILES string of the molecule is N#CC1(CC(=O)CNC(=O)Cc2nc3cc(C#Cc4ccccc4)ccc3s2)CC1. The molecule has 1 aromatic heterocycles. The van der Waals surface area contributed by atoms with E-state index in [2.05, 4.69) is 28.2 Å². The van der Waals surface area contributed by atoms with Crippen LogP contribution >= 0.6 is 11.3 Å². The van der Waals surface area contributed by atoms with E-state index in [1.165, 1.54) is 11.3 Å². The van der Waals surface area contributed by atoms with Gasteiger partial charge in [-0.3, -0.25) is 9.59 Å². The third-order valence-corrected chi connectivity index (χ3v) is 6.01. The second-order valence-electron chi connectivity index (χ2n) is 7.47. The summed E-state index contributed by atoms with van der Waals surface area (Å²) in [6.45, 7) is -0.0353. The summed E-state index contributed by atoms with van der Waals surface area (Å²) in [5, 5.41) is 12.4. The minimum Gasteiger partial charge on any atom is -0.349 e. The third kappa shape index (κ3) is 4.92. The first-order valence-electron chi connectivity index (χ1n) is 9.71. The fourth-order valence-corrected chi connectivity index (χ4v) is 4.06. The number of rotatable bonds is 6. The van der Waals surface area contributed by atoms with Crippen molar-refractivity contribution in [1.29, 1.82) is 5.26 Å². The second kappa shape index (κ2) is 8.49. The topological polar surface area (TPSA) is 82.9 Å². The highest BCUT2D eigenvalue weighted by molar-refractivity contribution is 7.18. The molecule has 1 aliphatic rings. The number of hydrogen-bond acceptors (Lipinski definition) is 5. The summed E-state index contributed by atoms with van der Waals surface area (Å²) in [5.41, 5.74) is 2.15. The molecule has 3 aromatic rings. The molecule has 0 radical (unpaired) electrons. The van der Waals surface area contributed by atoms with E-state index in [4.69, 9.17) is 5.26 Å². The molecule has 0 atom stereocenters. The summed E-state index contributed by atoms with van der Waals surface area (Å²) in [6, 6.07) is 17.8. The predicted molar refractivity (Wildman–Crippen MR) is 116 cm³/mol. The maximum Gasteiger partial charge on any atom is 0.227 e. The average Bonchev–Trinajstić information content (AvgIpc) is 3.41. The first-order valence-corrected chi connectivity index (χ1v) is 10.5. The maximum absolute atomic E-state index is 12.2. The number of nitrogens with zero attached hydrogens (tertiary/aromatic N) is 2. The van der Waals surface area contributed by atoms with E-state index in [0.29, 0.717) is 5.01 Å². The van der Waals surface area contributed by atoms with Crippen LogP contribution < -0.4 is 5.32 Å². The van der Waals surface area contributed by atoms with Crippen molar-refractivity contribution in [3.63, 3.8) is 0 Å². The van der Waals surface area contributed by atoms with Crippen molar-refractivity contribution < 1.29 is 9.59 Å². The first-order chi connectivity index (χ1) is 14.5. The predicted octanol–water partition coefficient (Wildman–Crippen LogP) is 3.62. The van der Waals surface area contributed by atoms with Gasteiger partial charge in [-0.25, -0.2) is 4.98 Å². The van der Waals surface area contributed by atoms with Crippen LogP contribution in [0.15, 0.2) is 48.5 Å². The number of aromatic nitrogens is 1. The van der Waals surface area contributed by atoms with Crippen LogP contribution in [-0.4, -0.2) is 23.2 Å². The van der Waals surface area contributed by atoms with Gasteiger partial charge in [-0.15, -0.1) is 11.3 Å². The van der Waals surface area contributed by atoms with E-state index >= 15 is 0 Å². The fourth-order valence-electron chi connectivity index (χ4n) is 3.11. The molecule has 1 aliphatic carbocycles. The van der Waals surface area contributed by atoms with Crippen molar-refractivity contribution in [2.24, 2.45) is 5.41 Å². The van der Waals surface area contributed by atoms with Gasteiger partial charge < -0.3 is 5.32 Å². The number of ketones is 1. The van der Waals surface area contributed by atoms with Crippen LogP contribution in [-0.2, 0) is 16.0 Å². The second-order valence-corrected chi connectivity index (χ2v) is 8.58. The molecule has 30 heavy (non-hydrogen) atoms. The Morgan fingerprint density at radius 1 is 1.10 bits per heavy atom. The molecular formula is C24H19N3O2S. The van der Waals surface area contributed by atoms with Crippen molar-refractivity contribution in [1.82, 2.24) is 10.3 Å². The zero-order chi connectivity index (χ0) is 21.0. The molecule has 4 rings (SSSR count). The molecular weight excluding hydrogens is 394 g/mol. The summed E-state index contributed by atoms with van der Waals surface area (Å²) < 4.78 is 0.990. The Morgan fingerprint density at radius 3 is 2.60 bits per heavy atom. The lowest BCUT2D eigenvalue weighted by atomic mass is 10.0. The Balaban J connectivity index is 1.35. The highest BCUT2D eigenvalue weighted by Crippen LogP contribution is 2.48. The molecule has 0 saturated heterocycles. The van der Waals surface area contributed by atoms with Gasteiger partial charge in [0.1, 0.15) is 5.01 Å². The highest BCUT2D eigenvalue weighted by Gasteiger charge is 2.44. The Hall–Kier alpha value is -3.48. The number of Topliss-reactive ketones (excluding diaryl/α,β-unsaturated/α-hetero) is 1. The van der Waals surface area contributed by atoms with E-state index in [1.807, 2.05) is 48.5 Å².